The number of carbonyl (C=O) groups is 1. The number of nitrogens with zero attached hydrogens (tertiary/aromatic N) is 5. The van der Waals surface area contributed by atoms with Crippen LogP contribution in [-0.4, -0.2) is 73.5 Å². The molecule has 164 valence electrons. The molecule has 2 fully saturated rings. The Balaban J connectivity index is 1.35. The SMILES string of the molecule is O=C(NCc1nc(N2CCCC2)nc(N2CCOCC2)n1)c1cccc2c1OCCO2. The van der Waals surface area contributed by atoms with E-state index in [1.165, 1.54) is 0 Å². The predicted octanol–water partition coefficient (Wildman–Crippen LogP) is 1.01. The predicted molar refractivity (Wildman–Crippen MR) is 113 cm³/mol. The van der Waals surface area contributed by atoms with Crippen molar-refractivity contribution >= 4 is 17.8 Å². The maximum Gasteiger partial charge on any atom is 0.255 e. The molecule has 2 saturated heterocycles. The third kappa shape index (κ3) is 4.34. The summed E-state index contributed by atoms with van der Waals surface area (Å²) in [4.78, 5) is 31.1. The Morgan fingerprint density at radius 2 is 1.61 bits per heavy atom. The molecular weight excluding hydrogens is 400 g/mol. The van der Waals surface area contributed by atoms with Crippen LogP contribution in [0.4, 0.5) is 11.9 Å². The van der Waals surface area contributed by atoms with Gasteiger partial charge in [0.1, 0.15) is 13.2 Å². The molecule has 3 aliphatic heterocycles. The molecule has 10 heteroatoms. The molecule has 5 rings (SSSR count). The summed E-state index contributed by atoms with van der Waals surface area (Å²) in [6.07, 6.45) is 2.26. The highest BCUT2D eigenvalue weighted by Crippen LogP contribution is 2.33. The molecule has 1 N–H and O–H groups in total. The largest absolute Gasteiger partial charge is 0.486 e. The van der Waals surface area contributed by atoms with Gasteiger partial charge in [-0.3, -0.25) is 4.79 Å². The third-order valence-corrected chi connectivity index (χ3v) is 5.56. The number of rotatable bonds is 5. The fourth-order valence-corrected chi connectivity index (χ4v) is 3.94. The van der Waals surface area contributed by atoms with Crippen LogP contribution < -0.4 is 24.6 Å². The lowest BCUT2D eigenvalue weighted by molar-refractivity contribution is 0.0938. The number of anilines is 2. The van der Waals surface area contributed by atoms with Crippen molar-refractivity contribution in [2.75, 3.05) is 62.4 Å². The Morgan fingerprint density at radius 3 is 2.39 bits per heavy atom. The number of amides is 1. The fourth-order valence-electron chi connectivity index (χ4n) is 3.94. The van der Waals surface area contributed by atoms with Crippen molar-refractivity contribution < 1.29 is 19.0 Å². The topological polar surface area (TPSA) is 102 Å². The van der Waals surface area contributed by atoms with Gasteiger partial charge in [-0.05, 0) is 25.0 Å². The fraction of sp³-hybridized carbons (Fsp3) is 0.524. The van der Waals surface area contributed by atoms with E-state index >= 15 is 0 Å². The molecule has 0 atom stereocenters. The van der Waals surface area contributed by atoms with Crippen LogP contribution >= 0.6 is 0 Å². The van der Waals surface area contributed by atoms with Crippen LogP contribution in [0, 0.1) is 0 Å². The first-order valence-corrected chi connectivity index (χ1v) is 10.8. The molecule has 0 unspecified atom stereocenters. The summed E-state index contributed by atoms with van der Waals surface area (Å²) < 4.78 is 16.7. The molecule has 10 nitrogen and oxygen atoms in total. The average molecular weight is 426 g/mol. The van der Waals surface area contributed by atoms with E-state index in [4.69, 9.17) is 19.2 Å². The van der Waals surface area contributed by atoms with Crippen molar-refractivity contribution in [1.29, 1.82) is 0 Å². The van der Waals surface area contributed by atoms with E-state index in [2.05, 4.69) is 25.1 Å². The molecule has 1 amide bonds. The van der Waals surface area contributed by atoms with Crippen molar-refractivity contribution in [3.8, 4) is 11.5 Å². The van der Waals surface area contributed by atoms with Gasteiger partial charge in [-0.25, -0.2) is 0 Å². The molecule has 3 aliphatic rings. The van der Waals surface area contributed by atoms with E-state index < -0.39 is 0 Å². The number of benzene rings is 1. The Labute approximate surface area is 180 Å². The second kappa shape index (κ2) is 8.93. The zero-order valence-corrected chi connectivity index (χ0v) is 17.4. The highest BCUT2D eigenvalue weighted by Gasteiger charge is 2.23. The third-order valence-electron chi connectivity index (χ3n) is 5.56. The van der Waals surface area contributed by atoms with Gasteiger partial charge in [0.2, 0.25) is 11.9 Å². The van der Waals surface area contributed by atoms with Crippen molar-refractivity contribution in [2.24, 2.45) is 0 Å². The maximum absolute atomic E-state index is 12.9. The Hall–Kier alpha value is -3.14. The molecule has 0 spiro atoms. The number of nitrogens with one attached hydrogen (secondary N) is 1. The lowest BCUT2D eigenvalue weighted by Crippen LogP contribution is -2.38. The van der Waals surface area contributed by atoms with Gasteiger partial charge in [-0.1, -0.05) is 6.07 Å². The monoisotopic (exact) mass is 426 g/mol. The summed E-state index contributed by atoms with van der Waals surface area (Å²) >= 11 is 0. The highest BCUT2D eigenvalue weighted by atomic mass is 16.6. The summed E-state index contributed by atoms with van der Waals surface area (Å²) in [5.74, 6) is 2.66. The molecule has 1 aromatic carbocycles. The second-order valence-corrected chi connectivity index (χ2v) is 7.66. The van der Waals surface area contributed by atoms with Crippen LogP contribution in [-0.2, 0) is 11.3 Å². The van der Waals surface area contributed by atoms with Crippen LogP contribution in [0.5, 0.6) is 11.5 Å². The van der Waals surface area contributed by atoms with Gasteiger partial charge < -0.3 is 29.3 Å². The number of hydrogen-bond donors (Lipinski definition) is 1. The minimum Gasteiger partial charge on any atom is -0.486 e. The summed E-state index contributed by atoms with van der Waals surface area (Å²) in [6, 6.07) is 5.31. The number of aromatic nitrogens is 3. The number of carbonyl (C=O) groups excluding carboxylic acids is 1. The number of morpholine rings is 1. The number of hydrogen-bond acceptors (Lipinski definition) is 9. The van der Waals surface area contributed by atoms with Gasteiger partial charge in [-0.15, -0.1) is 0 Å². The number of fused-ring (bicyclic) bond motifs is 1. The minimum absolute atomic E-state index is 0.198. The van der Waals surface area contributed by atoms with E-state index in [-0.39, 0.29) is 12.5 Å². The number of ether oxygens (including phenoxy) is 3. The van der Waals surface area contributed by atoms with Gasteiger partial charge in [0.05, 0.1) is 25.3 Å². The lowest BCUT2D eigenvalue weighted by atomic mass is 10.1. The first-order valence-electron chi connectivity index (χ1n) is 10.8. The van der Waals surface area contributed by atoms with E-state index in [1.807, 2.05) is 0 Å². The van der Waals surface area contributed by atoms with Crippen molar-refractivity contribution in [3.63, 3.8) is 0 Å². The molecule has 2 aromatic rings. The van der Waals surface area contributed by atoms with E-state index in [0.717, 1.165) is 39.0 Å². The average Bonchev–Trinajstić information content (AvgIpc) is 3.38. The standard InChI is InChI=1S/C21H26N6O4/c28-19(15-4-3-5-16-18(15)31-13-12-30-16)22-14-17-23-20(26-6-1-2-7-26)25-21(24-17)27-8-10-29-11-9-27/h3-5H,1-2,6-14H2,(H,22,28). The lowest BCUT2D eigenvalue weighted by Gasteiger charge is -2.28. The van der Waals surface area contributed by atoms with Crippen molar-refractivity contribution in [1.82, 2.24) is 20.3 Å². The first-order chi connectivity index (χ1) is 15.3. The van der Waals surface area contributed by atoms with Crippen molar-refractivity contribution in [3.05, 3.63) is 29.6 Å². The van der Waals surface area contributed by atoms with Crippen LogP contribution in [0.2, 0.25) is 0 Å². The zero-order chi connectivity index (χ0) is 21.0. The van der Waals surface area contributed by atoms with Gasteiger partial charge in [-0.2, -0.15) is 15.0 Å². The van der Waals surface area contributed by atoms with E-state index in [9.17, 15) is 4.79 Å². The maximum atomic E-state index is 12.9. The Kier molecular flexibility index (Phi) is 5.70. The summed E-state index contributed by atoms with van der Waals surface area (Å²) in [7, 11) is 0. The van der Waals surface area contributed by atoms with Crippen LogP contribution in [0.25, 0.3) is 0 Å². The molecule has 0 saturated carbocycles. The Morgan fingerprint density at radius 1 is 0.903 bits per heavy atom. The molecule has 0 bridgehead atoms. The minimum atomic E-state index is -0.251. The molecule has 4 heterocycles. The second-order valence-electron chi connectivity index (χ2n) is 7.66. The quantitative estimate of drug-likeness (QED) is 0.750. The summed E-state index contributed by atoms with van der Waals surface area (Å²) in [5.41, 5.74) is 0.444. The normalized spacial score (nSPS) is 18.2. The van der Waals surface area contributed by atoms with Gasteiger partial charge >= 0.3 is 0 Å². The number of para-hydroxylation sites is 1. The van der Waals surface area contributed by atoms with Crippen LogP contribution in [0.15, 0.2) is 18.2 Å². The van der Waals surface area contributed by atoms with E-state index in [0.29, 0.717) is 61.2 Å². The van der Waals surface area contributed by atoms with Crippen molar-refractivity contribution in [2.45, 2.75) is 19.4 Å². The molecule has 31 heavy (non-hydrogen) atoms. The molecule has 0 aliphatic carbocycles. The highest BCUT2D eigenvalue weighted by molar-refractivity contribution is 5.97. The van der Waals surface area contributed by atoms with Gasteiger partial charge in [0.15, 0.2) is 17.3 Å². The zero-order valence-electron chi connectivity index (χ0n) is 17.4. The smallest absolute Gasteiger partial charge is 0.255 e. The molecular formula is C21H26N6O4. The van der Waals surface area contributed by atoms with Crippen LogP contribution in [0.3, 0.4) is 0 Å². The van der Waals surface area contributed by atoms with Gasteiger partial charge in [0.25, 0.3) is 5.91 Å². The molecule has 0 radical (unpaired) electrons. The first kappa shape index (κ1) is 19.8. The van der Waals surface area contributed by atoms with Gasteiger partial charge in [0, 0.05) is 26.2 Å². The summed E-state index contributed by atoms with van der Waals surface area (Å²) in [5, 5.41) is 2.92. The summed E-state index contributed by atoms with van der Waals surface area (Å²) in [6.45, 7) is 5.75. The van der Waals surface area contributed by atoms with Crippen LogP contribution in [0.1, 0.15) is 29.0 Å². The molecule has 1 aromatic heterocycles. The Bertz CT molecular complexity index is 943. The van der Waals surface area contributed by atoms with E-state index in [1.54, 1.807) is 18.2 Å².